The minimum atomic E-state index is -0.148. The number of ether oxygens (including phenoxy) is 2. The summed E-state index contributed by atoms with van der Waals surface area (Å²) in [7, 11) is 3.16. The van der Waals surface area contributed by atoms with Crippen LogP contribution in [0.2, 0.25) is 0 Å². The fourth-order valence-electron chi connectivity index (χ4n) is 3.45. The van der Waals surface area contributed by atoms with Gasteiger partial charge in [-0.1, -0.05) is 29.8 Å². The lowest BCUT2D eigenvalue weighted by Crippen LogP contribution is -2.19. The lowest BCUT2D eigenvalue weighted by atomic mass is 10.1. The Balaban J connectivity index is 1.90. The average Bonchev–Trinajstić information content (AvgIpc) is 2.94. The number of aromatic nitrogens is 1. The maximum absolute atomic E-state index is 13.1. The first-order valence-corrected chi connectivity index (χ1v) is 9.18. The second-order valence-electron chi connectivity index (χ2n) is 6.92. The van der Waals surface area contributed by atoms with Crippen molar-refractivity contribution in [1.29, 1.82) is 0 Å². The molecule has 0 aliphatic carbocycles. The van der Waals surface area contributed by atoms with Gasteiger partial charge < -0.3 is 19.4 Å². The third-order valence-corrected chi connectivity index (χ3v) is 4.77. The third kappa shape index (κ3) is 4.03. The number of anilines is 1. The van der Waals surface area contributed by atoms with Crippen LogP contribution in [0, 0.1) is 20.8 Å². The number of nitrogens with zero attached hydrogens (tertiary/aromatic N) is 1. The van der Waals surface area contributed by atoms with E-state index >= 15 is 0 Å². The van der Waals surface area contributed by atoms with Crippen molar-refractivity contribution in [2.75, 3.05) is 19.5 Å². The molecule has 0 fully saturated rings. The summed E-state index contributed by atoms with van der Waals surface area (Å²) in [5, 5.41) is 2.98. The zero-order chi connectivity index (χ0) is 20.3. The van der Waals surface area contributed by atoms with Gasteiger partial charge in [-0.25, -0.2) is 0 Å². The quantitative estimate of drug-likeness (QED) is 0.675. The van der Waals surface area contributed by atoms with Gasteiger partial charge in [-0.2, -0.15) is 0 Å². The van der Waals surface area contributed by atoms with Crippen molar-refractivity contribution in [2.24, 2.45) is 0 Å². The number of hydrogen-bond donors (Lipinski definition) is 1. The summed E-state index contributed by atoms with van der Waals surface area (Å²) in [6, 6.07) is 15.7. The predicted molar refractivity (Wildman–Crippen MR) is 112 cm³/mol. The summed E-state index contributed by atoms with van der Waals surface area (Å²) in [5.41, 5.74) is 5.69. The number of amides is 1. The predicted octanol–water partition coefficient (Wildman–Crippen LogP) is 4.73. The molecule has 3 aromatic rings. The number of aryl methyl sites for hydroxylation is 3. The SMILES string of the molecule is COc1ccc(NC(=O)c2c(C)cc(C)n2Cc2cccc(C)c2)cc1OC. The molecule has 0 atom stereocenters. The molecule has 28 heavy (non-hydrogen) atoms. The molecule has 0 spiro atoms. The zero-order valence-corrected chi connectivity index (χ0v) is 17.0. The van der Waals surface area contributed by atoms with E-state index in [1.165, 1.54) is 11.1 Å². The van der Waals surface area contributed by atoms with Crippen LogP contribution < -0.4 is 14.8 Å². The first kappa shape index (κ1) is 19.5. The number of hydrogen-bond acceptors (Lipinski definition) is 3. The van der Waals surface area contributed by atoms with E-state index in [1.54, 1.807) is 32.4 Å². The van der Waals surface area contributed by atoms with Crippen LogP contribution in [0.5, 0.6) is 11.5 Å². The summed E-state index contributed by atoms with van der Waals surface area (Å²) in [5.74, 6) is 1.05. The van der Waals surface area contributed by atoms with Crippen molar-refractivity contribution >= 4 is 11.6 Å². The van der Waals surface area contributed by atoms with Crippen molar-refractivity contribution in [1.82, 2.24) is 4.57 Å². The number of nitrogens with one attached hydrogen (secondary N) is 1. The molecule has 0 radical (unpaired) electrons. The lowest BCUT2D eigenvalue weighted by Gasteiger charge is -2.14. The standard InChI is InChI=1S/C23H26N2O3/c1-15-7-6-8-18(11-15)14-25-17(3)12-16(2)22(25)23(26)24-19-9-10-20(27-4)21(13-19)28-5/h6-13H,14H2,1-5H3,(H,24,26). The molecule has 5 nitrogen and oxygen atoms in total. The van der Waals surface area contributed by atoms with E-state index in [4.69, 9.17) is 9.47 Å². The Kier molecular flexibility index (Phi) is 5.73. The molecule has 0 aliphatic heterocycles. The Bertz CT molecular complexity index is 1010. The van der Waals surface area contributed by atoms with Crippen molar-refractivity contribution in [2.45, 2.75) is 27.3 Å². The molecular formula is C23H26N2O3. The van der Waals surface area contributed by atoms with Crippen LogP contribution in [0.1, 0.15) is 32.9 Å². The summed E-state index contributed by atoms with van der Waals surface area (Å²) in [6.07, 6.45) is 0. The second-order valence-corrected chi connectivity index (χ2v) is 6.92. The largest absolute Gasteiger partial charge is 0.493 e. The topological polar surface area (TPSA) is 52.5 Å². The molecule has 5 heteroatoms. The van der Waals surface area contributed by atoms with Gasteiger partial charge in [0.2, 0.25) is 0 Å². The summed E-state index contributed by atoms with van der Waals surface area (Å²) >= 11 is 0. The lowest BCUT2D eigenvalue weighted by molar-refractivity contribution is 0.101. The van der Waals surface area contributed by atoms with Gasteiger partial charge in [-0.05, 0) is 50.1 Å². The average molecular weight is 378 g/mol. The highest BCUT2D eigenvalue weighted by atomic mass is 16.5. The Hall–Kier alpha value is -3.21. The number of rotatable bonds is 6. The van der Waals surface area contributed by atoms with Crippen LogP contribution in [-0.2, 0) is 6.54 Å². The van der Waals surface area contributed by atoms with Crippen molar-refractivity contribution in [3.8, 4) is 11.5 Å². The van der Waals surface area contributed by atoms with Gasteiger partial charge in [-0.15, -0.1) is 0 Å². The molecular weight excluding hydrogens is 352 g/mol. The molecule has 1 aromatic heterocycles. The fraction of sp³-hybridized carbons (Fsp3) is 0.261. The third-order valence-electron chi connectivity index (χ3n) is 4.77. The molecule has 3 rings (SSSR count). The Morgan fingerprint density at radius 2 is 1.71 bits per heavy atom. The summed E-state index contributed by atoms with van der Waals surface area (Å²) in [4.78, 5) is 13.1. The van der Waals surface area contributed by atoms with Gasteiger partial charge in [-0.3, -0.25) is 4.79 Å². The number of carbonyl (C=O) groups is 1. The van der Waals surface area contributed by atoms with Crippen LogP contribution in [0.15, 0.2) is 48.5 Å². The molecule has 0 unspecified atom stereocenters. The fourth-order valence-corrected chi connectivity index (χ4v) is 3.45. The Morgan fingerprint density at radius 1 is 0.964 bits per heavy atom. The van der Waals surface area contributed by atoms with Gasteiger partial charge in [0, 0.05) is 24.0 Å². The van der Waals surface area contributed by atoms with Gasteiger partial charge >= 0.3 is 0 Å². The number of methoxy groups -OCH3 is 2. The molecule has 2 aromatic carbocycles. The van der Waals surface area contributed by atoms with Crippen LogP contribution in [-0.4, -0.2) is 24.7 Å². The molecule has 146 valence electrons. The highest BCUT2D eigenvalue weighted by Gasteiger charge is 2.18. The zero-order valence-electron chi connectivity index (χ0n) is 17.0. The van der Waals surface area contributed by atoms with Crippen LogP contribution in [0.3, 0.4) is 0 Å². The molecule has 1 N–H and O–H groups in total. The monoisotopic (exact) mass is 378 g/mol. The molecule has 0 bridgehead atoms. The van der Waals surface area contributed by atoms with Crippen LogP contribution in [0.25, 0.3) is 0 Å². The van der Waals surface area contributed by atoms with E-state index in [1.807, 2.05) is 26.0 Å². The second kappa shape index (κ2) is 8.21. The number of benzene rings is 2. The molecule has 1 amide bonds. The van der Waals surface area contributed by atoms with Crippen molar-refractivity contribution in [3.05, 3.63) is 76.6 Å². The van der Waals surface area contributed by atoms with Crippen molar-refractivity contribution in [3.63, 3.8) is 0 Å². The molecule has 0 saturated heterocycles. The van der Waals surface area contributed by atoms with E-state index in [0.29, 0.717) is 29.4 Å². The summed E-state index contributed by atoms with van der Waals surface area (Å²) < 4.78 is 12.6. The Labute approximate surface area is 165 Å². The maximum atomic E-state index is 13.1. The van der Waals surface area contributed by atoms with Gasteiger partial charge in [0.1, 0.15) is 5.69 Å². The Morgan fingerprint density at radius 3 is 2.39 bits per heavy atom. The number of carbonyl (C=O) groups excluding carboxylic acids is 1. The van der Waals surface area contributed by atoms with E-state index in [2.05, 4.69) is 35.0 Å². The minimum Gasteiger partial charge on any atom is -0.493 e. The highest BCUT2D eigenvalue weighted by Crippen LogP contribution is 2.30. The smallest absolute Gasteiger partial charge is 0.272 e. The first-order valence-electron chi connectivity index (χ1n) is 9.18. The first-order chi connectivity index (χ1) is 13.4. The van der Waals surface area contributed by atoms with Crippen molar-refractivity contribution < 1.29 is 14.3 Å². The highest BCUT2D eigenvalue weighted by molar-refractivity contribution is 6.04. The summed E-state index contributed by atoms with van der Waals surface area (Å²) in [6.45, 7) is 6.71. The van der Waals surface area contributed by atoms with Gasteiger partial charge in [0.05, 0.1) is 14.2 Å². The van der Waals surface area contributed by atoms with E-state index in [0.717, 1.165) is 11.3 Å². The van der Waals surface area contributed by atoms with E-state index in [-0.39, 0.29) is 5.91 Å². The molecule has 1 heterocycles. The normalized spacial score (nSPS) is 10.6. The molecule has 0 aliphatic rings. The van der Waals surface area contributed by atoms with E-state index < -0.39 is 0 Å². The van der Waals surface area contributed by atoms with Gasteiger partial charge in [0.15, 0.2) is 11.5 Å². The van der Waals surface area contributed by atoms with Crippen LogP contribution in [0.4, 0.5) is 5.69 Å². The van der Waals surface area contributed by atoms with Crippen LogP contribution >= 0.6 is 0 Å². The van der Waals surface area contributed by atoms with Gasteiger partial charge in [0.25, 0.3) is 5.91 Å². The molecule has 0 saturated carbocycles. The minimum absolute atomic E-state index is 0.148. The maximum Gasteiger partial charge on any atom is 0.272 e. The van der Waals surface area contributed by atoms with E-state index in [9.17, 15) is 4.79 Å².